The molecular formula is C16H14ClFOS. The molecular weight excluding hydrogens is 295 g/mol. The standard InChI is InChI=1S/C16H14ClFOS/c17-15-4-2-1-3-13(15)11-20-10-9-16(19)12-5-7-14(18)8-6-12/h1-8H,9-11H2. The lowest BCUT2D eigenvalue weighted by atomic mass is 10.1. The van der Waals surface area contributed by atoms with Crippen molar-refractivity contribution in [3.63, 3.8) is 0 Å². The van der Waals surface area contributed by atoms with Gasteiger partial charge in [0.25, 0.3) is 0 Å². The fourth-order valence-corrected chi connectivity index (χ4v) is 2.97. The van der Waals surface area contributed by atoms with E-state index in [9.17, 15) is 9.18 Å². The van der Waals surface area contributed by atoms with E-state index in [-0.39, 0.29) is 11.6 Å². The molecule has 0 heterocycles. The van der Waals surface area contributed by atoms with Crippen molar-refractivity contribution in [2.75, 3.05) is 5.75 Å². The summed E-state index contributed by atoms with van der Waals surface area (Å²) in [5.41, 5.74) is 1.64. The first-order valence-corrected chi connectivity index (χ1v) is 7.80. The van der Waals surface area contributed by atoms with Crippen molar-refractivity contribution < 1.29 is 9.18 Å². The topological polar surface area (TPSA) is 17.1 Å². The lowest BCUT2D eigenvalue weighted by molar-refractivity contribution is 0.0989. The number of halogens is 2. The van der Waals surface area contributed by atoms with Gasteiger partial charge in [0.05, 0.1) is 0 Å². The van der Waals surface area contributed by atoms with Gasteiger partial charge >= 0.3 is 0 Å². The molecule has 0 fully saturated rings. The Morgan fingerprint density at radius 3 is 2.50 bits per heavy atom. The molecule has 0 unspecified atom stereocenters. The average molecular weight is 309 g/mol. The van der Waals surface area contributed by atoms with Gasteiger partial charge in [-0.05, 0) is 35.9 Å². The fraction of sp³-hybridized carbons (Fsp3) is 0.188. The Morgan fingerprint density at radius 1 is 1.10 bits per heavy atom. The third-order valence-electron chi connectivity index (χ3n) is 2.86. The van der Waals surface area contributed by atoms with Crippen LogP contribution in [-0.2, 0) is 5.75 Å². The number of rotatable bonds is 6. The van der Waals surface area contributed by atoms with E-state index < -0.39 is 0 Å². The summed E-state index contributed by atoms with van der Waals surface area (Å²) in [6.07, 6.45) is 0.445. The van der Waals surface area contributed by atoms with Crippen LogP contribution >= 0.6 is 23.4 Å². The molecule has 0 aliphatic heterocycles. The van der Waals surface area contributed by atoms with Gasteiger partial charge in [0.2, 0.25) is 0 Å². The maximum absolute atomic E-state index is 12.8. The van der Waals surface area contributed by atoms with Gasteiger partial charge in [0.15, 0.2) is 5.78 Å². The molecule has 2 aromatic carbocycles. The van der Waals surface area contributed by atoms with Crippen molar-refractivity contribution in [3.8, 4) is 0 Å². The number of benzene rings is 2. The first kappa shape index (κ1) is 15.1. The Bertz CT molecular complexity index is 583. The lowest BCUT2D eigenvalue weighted by Crippen LogP contribution is -2.00. The van der Waals surface area contributed by atoms with Crippen LogP contribution in [0.25, 0.3) is 0 Å². The van der Waals surface area contributed by atoms with Crippen LogP contribution in [0.15, 0.2) is 48.5 Å². The van der Waals surface area contributed by atoms with Gasteiger partial charge in [0, 0.05) is 28.5 Å². The van der Waals surface area contributed by atoms with E-state index in [0.717, 1.165) is 22.1 Å². The highest BCUT2D eigenvalue weighted by molar-refractivity contribution is 7.98. The Hall–Kier alpha value is -1.32. The molecule has 0 atom stereocenters. The van der Waals surface area contributed by atoms with Crippen LogP contribution in [0.5, 0.6) is 0 Å². The van der Waals surface area contributed by atoms with E-state index in [0.29, 0.717) is 12.0 Å². The molecule has 2 aromatic rings. The molecule has 0 radical (unpaired) electrons. The van der Waals surface area contributed by atoms with Crippen LogP contribution in [0.2, 0.25) is 5.02 Å². The van der Waals surface area contributed by atoms with Crippen molar-refractivity contribution in [1.82, 2.24) is 0 Å². The average Bonchev–Trinajstić information content (AvgIpc) is 2.46. The summed E-state index contributed by atoms with van der Waals surface area (Å²) in [5, 5.41) is 0.755. The highest BCUT2D eigenvalue weighted by Gasteiger charge is 2.06. The van der Waals surface area contributed by atoms with E-state index in [1.165, 1.54) is 24.3 Å². The second-order valence-corrected chi connectivity index (χ2v) is 5.84. The maximum atomic E-state index is 12.8. The summed E-state index contributed by atoms with van der Waals surface area (Å²) in [7, 11) is 0. The molecule has 4 heteroatoms. The summed E-state index contributed by atoms with van der Waals surface area (Å²) in [6, 6.07) is 13.4. The van der Waals surface area contributed by atoms with Gasteiger partial charge in [-0.15, -0.1) is 0 Å². The number of carbonyl (C=O) groups excluding carboxylic acids is 1. The lowest BCUT2D eigenvalue weighted by Gasteiger charge is -2.04. The number of Topliss-reactive ketones (excluding diaryl/α,β-unsaturated/α-hetero) is 1. The molecule has 0 N–H and O–H groups in total. The van der Waals surface area contributed by atoms with Crippen LogP contribution in [-0.4, -0.2) is 11.5 Å². The highest BCUT2D eigenvalue weighted by atomic mass is 35.5. The van der Waals surface area contributed by atoms with Gasteiger partial charge < -0.3 is 0 Å². The third-order valence-corrected chi connectivity index (χ3v) is 4.23. The number of hydrogen-bond acceptors (Lipinski definition) is 2. The number of ketones is 1. The first-order valence-electron chi connectivity index (χ1n) is 6.27. The van der Waals surface area contributed by atoms with E-state index >= 15 is 0 Å². The van der Waals surface area contributed by atoms with Crippen LogP contribution in [0.1, 0.15) is 22.3 Å². The zero-order chi connectivity index (χ0) is 14.4. The summed E-state index contributed by atoms with van der Waals surface area (Å²) in [6.45, 7) is 0. The Kier molecular flexibility index (Phi) is 5.62. The first-order chi connectivity index (χ1) is 9.66. The number of hydrogen-bond donors (Lipinski definition) is 0. The SMILES string of the molecule is O=C(CCSCc1ccccc1Cl)c1ccc(F)cc1. The van der Waals surface area contributed by atoms with Crippen LogP contribution < -0.4 is 0 Å². The second-order valence-electron chi connectivity index (χ2n) is 4.32. The Balaban J connectivity index is 1.77. The minimum atomic E-state index is -0.324. The number of thioether (sulfide) groups is 1. The van der Waals surface area contributed by atoms with Crippen LogP contribution in [0, 0.1) is 5.82 Å². The Labute approximate surface area is 127 Å². The van der Waals surface area contributed by atoms with Crippen molar-refractivity contribution in [2.45, 2.75) is 12.2 Å². The minimum Gasteiger partial charge on any atom is -0.294 e. The van der Waals surface area contributed by atoms with E-state index in [4.69, 9.17) is 11.6 Å². The summed E-state index contributed by atoms with van der Waals surface area (Å²) in [4.78, 5) is 11.9. The van der Waals surface area contributed by atoms with Gasteiger partial charge in [0.1, 0.15) is 5.82 Å². The largest absolute Gasteiger partial charge is 0.294 e. The van der Waals surface area contributed by atoms with Gasteiger partial charge in [-0.3, -0.25) is 4.79 Å². The maximum Gasteiger partial charge on any atom is 0.163 e. The zero-order valence-corrected chi connectivity index (χ0v) is 12.4. The summed E-state index contributed by atoms with van der Waals surface area (Å²) < 4.78 is 12.8. The molecule has 0 aliphatic carbocycles. The molecule has 0 spiro atoms. The molecule has 1 nitrogen and oxygen atoms in total. The monoisotopic (exact) mass is 308 g/mol. The molecule has 0 bridgehead atoms. The normalized spacial score (nSPS) is 10.5. The fourth-order valence-electron chi connectivity index (χ4n) is 1.74. The van der Waals surface area contributed by atoms with E-state index in [1.807, 2.05) is 24.3 Å². The second kappa shape index (κ2) is 7.46. The third kappa shape index (κ3) is 4.36. The molecule has 0 amide bonds. The molecule has 0 aliphatic rings. The van der Waals surface area contributed by atoms with Crippen molar-refractivity contribution >= 4 is 29.1 Å². The summed E-state index contributed by atoms with van der Waals surface area (Å²) >= 11 is 7.73. The quantitative estimate of drug-likeness (QED) is 0.552. The van der Waals surface area contributed by atoms with Crippen LogP contribution in [0.3, 0.4) is 0 Å². The smallest absolute Gasteiger partial charge is 0.163 e. The molecule has 2 rings (SSSR count). The molecule has 0 saturated heterocycles. The van der Waals surface area contributed by atoms with Gasteiger partial charge in [-0.1, -0.05) is 29.8 Å². The highest BCUT2D eigenvalue weighted by Crippen LogP contribution is 2.21. The molecule has 20 heavy (non-hydrogen) atoms. The predicted molar refractivity (Wildman–Crippen MR) is 83.0 cm³/mol. The molecule has 0 aromatic heterocycles. The number of carbonyl (C=O) groups is 1. The zero-order valence-electron chi connectivity index (χ0n) is 10.8. The predicted octanol–water partition coefficient (Wildman–Crippen LogP) is 4.99. The van der Waals surface area contributed by atoms with Crippen LogP contribution in [0.4, 0.5) is 4.39 Å². The molecule has 104 valence electrons. The van der Waals surface area contributed by atoms with E-state index in [1.54, 1.807) is 11.8 Å². The van der Waals surface area contributed by atoms with Crippen molar-refractivity contribution in [3.05, 3.63) is 70.5 Å². The summed E-state index contributed by atoms with van der Waals surface area (Å²) in [5.74, 6) is 1.23. The Morgan fingerprint density at radius 2 is 1.80 bits per heavy atom. The van der Waals surface area contributed by atoms with Gasteiger partial charge in [-0.2, -0.15) is 11.8 Å². The minimum absolute atomic E-state index is 0.0386. The van der Waals surface area contributed by atoms with Gasteiger partial charge in [-0.25, -0.2) is 4.39 Å². The van der Waals surface area contributed by atoms with Crippen molar-refractivity contribution in [2.24, 2.45) is 0 Å². The molecule has 0 saturated carbocycles. The van der Waals surface area contributed by atoms with E-state index in [2.05, 4.69) is 0 Å². The van der Waals surface area contributed by atoms with Crippen molar-refractivity contribution in [1.29, 1.82) is 0 Å².